The van der Waals surface area contributed by atoms with Gasteiger partial charge in [0.25, 0.3) is 0 Å². The third kappa shape index (κ3) is 4.60. The third-order valence-electron chi connectivity index (χ3n) is 5.24. The van der Waals surface area contributed by atoms with Gasteiger partial charge in [0.15, 0.2) is 5.96 Å². The largest absolute Gasteiger partial charge is 0.363 e. The third-order valence-corrected chi connectivity index (χ3v) is 6.78. The van der Waals surface area contributed by atoms with E-state index in [1.54, 1.807) is 0 Å². The Morgan fingerprint density at radius 1 is 1.36 bits per heavy atom. The van der Waals surface area contributed by atoms with E-state index >= 15 is 0 Å². The number of nitrogens with zero attached hydrogens (tertiary/aromatic N) is 4. The molecule has 0 aromatic carbocycles. The molecule has 1 saturated heterocycles. The maximum atomic E-state index is 4.56. The highest BCUT2D eigenvalue weighted by Gasteiger charge is 2.38. The Bertz CT molecular complexity index is 590. The van der Waals surface area contributed by atoms with Gasteiger partial charge >= 0.3 is 0 Å². The van der Waals surface area contributed by atoms with Gasteiger partial charge in [-0.3, -0.25) is 4.99 Å². The normalized spacial score (nSPS) is 20.6. The summed E-state index contributed by atoms with van der Waals surface area (Å²) in [6.45, 7) is 3.01. The van der Waals surface area contributed by atoms with Crippen LogP contribution in [0.1, 0.15) is 37.7 Å². The molecule has 0 atom stereocenters. The Balaban J connectivity index is 1.61. The van der Waals surface area contributed by atoms with Gasteiger partial charge in [-0.1, -0.05) is 19.3 Å². The van der Waals surface area contributed by atoms with Crippen LogP contribution in [0.2, 0.25) is 0 Å². The fraction of sp³-hybridized carbons (Fsp3) is 0.684. The van der Waals surface area contributed by atoms with E-state index in [0.29, 0.717) is 4.75 Å². The summed E-state index contributed by atoms with van der Waals surface area (Å²) in [6, 6.07) is 4.21. The van der Waals surface area contributed by atoms with E-state index in [1.807, 2.05) is 32.2 Å². The van der Waals surface area contributed by atoms with Gasteiger partial charge < -0.3 is 15.1 Å². The molecule has 1 spiro atoms. The predicted molar refractivity (Wildman–Crippen MR) is 109 cm³/mol. The van der Waals surface area contributed by atoms with Crippen molar-refractivity contribution in [3.63, 3.8) is 0 Å². The van der Waals surface area contributed by atoms with Gasteiger partial charge in [0.1, 0.15) is 5.82 Å². The summed E-state index contributed by atoms with van der Waals surface area (Å²) in [7, 11) is 5.94. The molecule has 2 fully saturated rings. The van der Waals surface area contributed by atoms with Crippen LogP contribution in [-0.4, -0.2) is 60.6 Å². The van der Waals surface area contributed by atoms with Crippen molar-refractivity contribution in [1.82, 2.24) is 15.2 Å². The number of thioether (sulfide) groups is 1. The number of nitrogens with one attached hydrogen (secondary N) is 1. The second kappa shape index (κ2) is 8.30. The number of hydrogen-bond acceptors (Lipinski definition) is 4. The fourth-order valence-electron chi connectivity index (χ4n) is 3.85. The van der Waals surface area contributed by atoms with E-state index in [4.69, 9.17) is 0 Å². The minimum absolute atomic E-state index is 0.461. The minimum Gasteiger partial charge on any atom is -0.363 e. The lowest BCUT2D eigenvalue weighted by molar-refractivity contribution is 0.293. The van der Waals surface area contributed by atoms with E-state index in [0.717, 1.165) is 31.4 Å². The summed E-state index contributed by atoms with van der Waals surface area (Å²) < 4.78 is 0.461. The van der Waals surface area contributed by atoms with Gasteiger partial charge in [-0.2, -0.15) is 11.8 Å². The summed E-state index contributed by atoms with van der Waals surface area (Å²) in [5.41, 5.74) is 1.23. The topological polar surface area (TPSA) is 43.8 Å². The van der Waals surface area contributed by atoms with Crippen molar-refractivity contribution < 1.29 is 0 Å². The van der Waals surface area contributed by atoms with Crippen LogP contribution < -0.4 is 10.2 Å². The zero-order valence-electron chi connectivity index (χ0n) is 15.8. The first-order valence-corrected chi connectivity index (χ1v) is 10.3. The molecule has 138 valence electrons. The molecule has 2 aliphatic rings. The number of pyridine rings is 1. The molecule has 1 N–H and O–H groups in total. The lowest BCUT2D eigenvalue weighted by Crippen LogP contribution is -2.53. The molecule has 25 heavy (non-hydrogen) atoms. The predicted octanol–water partition coefficient (Wildman–Crippen LogP) is 2.97. The molecular formula is C19H31N5S. The molecule has 0 bridgehead atoms. The van der Waals surface area contributed by atoms with E-state index < -0.39 is 0 Å². The Morgan fingerprint density at radius 3 is 2.88 bits per heavy atom. The van der Waals surface area contributed by atoms with Crippen LogP contribution in [0.15, 0.2) is 23.3 Å². The van der Waals surface area contributed by atoms with Crippen LogP contribution in [0.3, 0.4) is 0 Å². The summed E-state index contributed by atoms with van der Waals surface area (Å²) in [5.74, 6) is 3.24. The van der Waals surface area contributed by atoms with Crippen LogP contribution in [0.4, 0.5) is 5.82 Å². The molecule has 0 amide bonds. The minimum atomic E-state index is 0.461. The highest BCUT2D eigenvalue weighted by molar-refractivity contribution is 8.00. The number of aliphatic imine (C=N–C) groups is 1. The van der Waals surface area contributed by atoms with Gasteiger partial charge in [0.05, 0.1) is 0 Å². The molecule has 5 nitrogen and oxygen atoms in total. The van der Waals surface area contributed by atoms with Crippen molar-refractivity contribution in [2.24, 2.45) is 4.99 Å². The quantitative estimate of drug-likeness (QED) is 0.662. The van der Waals surface area contributed by atoms with Crippen molar-refractivity contribution in [2.75, 3.05) is 44.9 Å². The molecule has 1 aliphatic heterocycles. The van der Waals surface area contributed by atoms with Gasteiger partial charge in [0.2, 0.25) is 0 Å². The van der Waals surface area contributed by atoms with Gasteiger partial charge in [-0.05, 0) is 30.5 Å². The monoisotopic (exact) mass is 361 g/mol. The van der Waals surface area contributed by atoms with Crippen molar-refractivity contribution in [3.05, 3.63) is 23.9 Å². The lowest BCUT2D eigenvalue weighted by Gasteiger charge is -2.45. The molecule has 3 rings (SSSR count). The second-order valence-corrected chi connectivity index (χ2v) is 8.89. The molecule has 1 aromatic heterocycles. The average Bonchev–Trinajstić information content (AvgIpc) is 2.63. The van der Waals surface area contributed by atoms with E-state index in [2.05, 4.69) is 44.1 Å². The highest BCUT2D eigenvalue weighted by Crippen LogP contribution is 2.42. The molecular weight excluding hydrogens is 330 g/mol. The highest BCUT2D eigenvalue weighted by atomic mass is 32.2. The Morgan fingerprint density at radius 2 is 2.16 bits per heavy atom. The molecule has 1 aliphatic carbocycles. The second-order valence-electron chi connectivity index (χ2n) is 7.33. The average molecular weight is 362 g/mol. The molecule has 6 heteroatoms. The number of aromatic nitrogens is 1. The van der Waals surface area contributed by atoms with Gasteiger partial charge in [-0.15, -0.1) is 0 Å². The SMILES string of the molecule is CN=C(NCc1ccnc(N(C)C)c1)N1CCSC2(CCCCC2)C1. The Kier molecular flexibility index (Phi) is 6.10. The Labute approximate surface area is 156 Å². The van der Waals surface area contributed by atoms with Crippen molar-refractivity contribution in [1.29, 1.82) is 0 Å². The summed E-state index contributed by atoms with van der Waals surface area (Å²) in [5, 5.41) is 3.56. The first-order chi connectivity index (χ1) is 12.1. The van der Waals surface area contributed by atoms with E-state index in [1.165, 1.54) is 43.4 Å². The van der Waals surface area contributed by atoms with Gasteiger partial charge in [-0.25, -0.2) is 4.98 Å². The molecule has 0 radical (unpaired) electrons. The number of anilines is 1. The maximum Gasteiger partial charge on any atom is 0.193 e. The van der Waals surface area contributed by atoms with Crippen LogP contribution in [-0.2, 0) is 6.54 Å². The fourth-order valence-corrected chi connectivity index (χ4v) is 5.42. The van der Waals surface area contributed by atoms with Crippen molar-refractivity contribution >= 4 is 23.5 Å². The van der Waals surface area contributed by atoms with Crippen LogP contribution in [0.25, 0.3) is 0 Å². The van der Waals surface area contributed by atoms with Crippen LogP contribution >= 0.6 is 11.8 Å². The maximum absolute atomic E-state index is 4.56. The molecule has 0 unspecified atom stereocenters. The van der Waals surface area contributed by atoms with E-state index in [-0.39, 0.29) is 0 Å². The van der Waals surface area contributed by atoms with E-state index in [9.17, 15) is 0 Å². The first-order valence-electron chi connectivity index (χ1n) is 9.34. The standard InChI is InChI=1S/C19H31N5S/c1-20-18(22-14-16-7-10-21-17(13-16)23(2)3)24-11-12-25-19(15-24)8-5-4-6-9-19/h7,10,13H,4-6,8-9,11-12,14-15H2,1-3H3,(H,20,22). The summed E-state index contributed by atoms with van der Waals surface area (Å²) in [6.07, 6.45) is 8.78. The molecule has 1 aromatic rings. The van der Waals surface area contributed by atoms with Crippen molar-refractivity contribution in [2.45, 2.75) is 43.4 Å². The van der Waals surface area contributed by atoms with Crippen LogP contribution in [0.5, 0.6) is 0 Å². The number of guanidine groups is 1. The smallest absolute Gasteiger partial charge is 0.193 e. The number of rotatable bonds is 3. The zero-order chi connectivity index (χ0) is 17.7. The van der Waals surface area contributed by atoms with Crippen LogP contribution in [0, 0.1) is 0 Å². The first kappa shape index (κ1) is 18.4. The summed E-state index contributed by atoms with van der Waals surface area (Å²) in [4.78, 5) is 13.4. The Hall–Kier alpha value is -1.43. The lowest BCUT2D eigenvalue weighted by atomic mass is 9.87. The zero-order valence-corrected chi connectivity index (χ0v) is 16.6. The number of hydrogen-bond donors (Lipinski definition) is 1. The van der Waals surface area contributed by atoms with Gasteiger partial charge in [0, 0.05) is 57.5 Å². The molecule has 2 heterocycles. The molecule has 1 saturated carbocycles. The summed E-state index contributed by atoms with van der Waals surface area (Å²) >= 11 is 2.20. The van der Waals surface area contributed by atoms with Crippen molar-refractivity contribution in [3.8, 4) is 0 Å².